The van der Waals surface area contributed by atoms with Gasteiger partial charge < -0.3 is 5.32 Å². The maximum atomic E-state index is 12.5. The Kier molecular flexibility index (Phi) is 6.23. The Bertz CT molecular complexity index is 480. The van der Waals surface area contributed by atoms with Crippen LogP contribution in [-0.2, 0) is 17.9 Å². The minimum atomic E-state index is -2.45. The second-order valence-corrected chi connectivity index (χ2v) is 5.53. The summed E-state index contributed by atoms with van der Waals surface area (Å²) in [6, 6.07) is 0.136. The third-order valence-electron chi connectivity index (χ3n) is 3.90. The molecular weight excluding hydrogens is 292 g/mol. The van der Waals surface area contributed by atoms with Crippen molar-refractivity contribution in [1.82, 2.24) is 25.0 Å². The number of nitrogens with one attached hydrogen (secondary N) is 1. The average Bonchev–Trinajstić information content (AvgIpc) is 2.87. The number of nitrogens with zero attached hydrogens (tertiary/aromatic N) is 4. The van der Waals surface area contributed by atoms with Crippen molar-refractivity contribution in [2.45, 2.75) is 58.2 Å². The third kappa shape index (κ3) is 4.72. The molecule has 1 aliphatic heterocycles. The van der Waals surface area contributed by atoms with Crippen LogP contribution in [-0.4, -0.2) is 51.1 Å². The van der Waals surface area contributed by atoms with Crippen molar-refractivity contribution in [3.63, 3.8) is 0 Å². The van der Waals surface area contributed by atoms with Crippen molar-refractivity contribution < 1.29 is 13.6 Å². The molecular formula is C14H23F2N5O. The van der Waals surface area contributed by atoms with Crippen LogP contribution in [0.1, 0.15) is 38.4 Å². The van der Waals surface area contributed by atoms with E-state index in [2.05, 4.69) is 20.3 Å². The van der Waals surface area contributed by atoms with Gasteiger partial charge in [0.25, 0.3) is 6.43 Å². The Morgan fingerprint density at radius 3 is 3.05 bits per heavy atom. The molecule has 8 heteroatoms. The van der Waals surface area contributed by atoms with E-state index < -0.39 is 13.0 Å². The van der Waals surface area contributed by atoms with Gasteiger partial charge in [0.1, 0.15) is 18.7 Å². The zero-order chi connectivity index (χ0) is 15.9. The van der Waals surface area contributed by atoms with Crippen molar-refractivity contribution in [1.29, 1.82) is 0 Å². The number of aromatic nitrogens is 3. The highest BCUT2D eigenvalue weighted by atomic mass is 19.3. The Morgan fingerprint density at radius 2 is 2.32 bits per heavy atom. The highest BCUT2D eigenvalue weighted by Crippen LogP contribution is 2.21. The molecule has 1 aromatic rings. The van der Waals surface area contributed by atoms with E-state index in [0.717, 1.165) is 25.8 Å². The molecule has 0 saturated carbocycles. The monoisotopic (exact) mass is 315 g/mol. The van der Waals surface area contributed by atoms with Gasteiger partial charge in [-0.15, -0.1) is 0 Å². The number of alkyl halides is 2. The normalized spacial score (nSPS) is 19.5. The van der Waals surface area contributed by atoms with Gasteiger partial charge in [0.05, 0.1) is 6.54 Å². The van der Waals surface area contributed by atoms with Crippen LogP contribution in [0.5, 0.6) is 0 Å². The van der Waals surface area contributed by atoms with Crippen molar-refractivity contribution in [2.75, 3.05) is 13.1 Å². The maximum absolute atomic E-state index is 12.5. The van der Waals surface area contributed by atoms with Gasteiger partial charge in [0.2, 0.25) is 5.91 Å². The standard InChI is InChI=1S/C14H23F2N5O/c1-2-17-14(22)7-11-5-3-4-6-20(11)9-13-18-10-19-21(13)8-12(15)16/h10-12H,2-9H2,1H3,(H,17,22). The number of rotatable bonds is 7. The second-order valence-electron chi connectivity index (χ2n) is 5.53. The van der Waals surface area contributed by atoms with Crippen LogP contribution < -0.4 is 5.32 Å². The molecule has 2 heterocycles. The lowest BCUT2D eigenvalue weighted by Crippen LogP contribution is -2.42. The summed E-state index contributed by atoms with van der Waals surface area (Å²) in [5.74, 6) is 0.566. The summed E-state index contributed by atoms with van der Waals surface area (Å²) in [6.07, 6.45) is 2.38. The minimum Gasteiger partial charge on any atom is -0.356 e. The molecule has 0 spiro atoms. The van der Waals surface area contributed by atoms with Gasteiger partial charge >= 0.3 is 0 Å². The van der Waals surface area contributed by atoms with Gasteiger partial charge in [0.15, 0.2) is 0 Å². The van der Waals surface area contributed by atoms with E-state index in [4.69, 9.17) is 0 Å². The fourth-order valence-electron chi connectivity index (χ4n) is 2.86. The van der Waals surface area contributed by atoms with Gasteiger partial charge in [-0.25, -0.2) is 18.4 Å². The van der Waals surface area contributed by atoms with Crippen LogP contribution in [0.2, 0.25) is 0 Å². The van der Waals surface area contributed by atoms with Crippen molar-refractivity contribution in [2.24, 2.45) is 0 Å². The molecule has 1 amide bonds. The Balaban J connectivity index is 1.99. The van der Waals surface area contributed by atoms with E-state index in [-0.39, 0.29) is 11.9 Å². The molecule has 124 valence electrons. The Labute approximate surface area is 128 Å². The molecule has 1 fully saturated rings. The lowest BCUT2D eigenvalue weighted by atomic mass is 9.99. The topological polar surface area (TPSA) is 63.1 Å². The first-order valence-corrected chi connectivity index (χ1v) is 7.75. The van der Waals surface area contributed by atoms with Gasteiger partial charge in [-0.05, 0) is 26.3 Å². The molecule has 0 radical (unpaired) electrons. The zero-order valence-electron chi connectivity index (χ0n) is 12.8. The van der Waals surface area contributed by atoms with E-state index in [1.807, 2.05) is 6.92 Å². The SMILES string of the molecule is CCNC(=O)CC1CCCCN1Cc1ncnn1CC(F)F. The number of piperidine rings is 1. The van der Waals surface area contributed by atoms with Crippen LogP contribution in [0.3, 0.4) is 0 Å². The molecule has 1 atom stereocenters. The van der Waals surface area contributed by atoms with Crippen LogP contribution in [0.4, 0.5) is 8.78 Å². The molecule has 1 aromatic heterocycles. The molecule has 0 aromatic carbocycles. The quantitative estimate of drug-likeness (QED) is 0.827. The van der Waals surface area contributed by atoms with E-state index in [0.29, 0.717) is 25.3 Å². The van der Waals surface area contributed by atoms with Crippen LogP contribution in [0.25, 0.3) is 0 Å². The summed E-state index contributed by atoms with van der Waals surface area (Å²) < 4.78 is 26.3. The van der Waals surface area contributed by atoms with Crippen molar-refractivity contribution in [3.8, 4) is 0 Å². The largest absolute Gasteiger partial charge is 0.356 e. The number of amides is 1. The Morgan fingerprint density at radius 1 is 1.50 bits per heavy atom. The molecule has 1 aliphatic rings. The number of carbonyl (C=O) groups is 1. The first-order valence-electron chi connectivity index (χ1n) is 7.75. The zero-order valence-corrected chi connectivity index (χ0v) is 12.8. The van der Waals surface area contributed by atoms with Gasteiger partial charge in [-0.1, -0.05) is 6.42 Å². The highest BCUT2D eigenvalue weighted by Gasteiger charge is 2.26. The minimum absolute atomic E-state index is 0.0356. The average molecular weight is 315 g/mol. The van der Waals surface area contributed by atoms with Gasteiger partial charge in [-0.2, -0.15) is 5.10 Å². The summed E-state index contributed by atoms with van der Waals surface area (Å²) in [6.45, 7) is 3.38. The molecule has 2 rings (SSSR count). The summed E-state index contributed by atoms with van der Waals surface area (Å²) in [5.41, 5.74) is 0. The summed E-state index contributed by atoms with van der Waals surface area (Å²) >= 11 is 0. The maximum Gasteiger partial charge on any atom is 0.257 e. The van der Waals surface area contributed by atoms with Crippen LogP contribution in [0.15, 0.2) is 6.33 Å². The first kappa shape index (κ1) is 16.8. The second kappa shape index (κ2) is 8.17. The number of hydrogen-bond donors (Lipinski definition) is 1. The molecule has 6 nitrogen and oxygen atoms in total. The fraction of sp³-hybridized carbons (Fsp3) is 0.786. The lowest BCUT2D eigenvalue weighted by molar-refractivity contribution is -0.122. The van der Waals surface area contributed by atoms with Crippen molar-refractivity contribution in [3.05, 3.63) is 12.2 Å². The molecule has 0 aliphatic carbocycles. The van der Waals surface area contributed by atoms with E-state index in [9.17, 15) is 13.6 Å². The van der Waals surface area contributed by atoms with Crippen molar-refractivity contribution >= 4 is 5.91 Å². The number of carbonyl (C=O) groups excluding carboxylic acids is 1. The first-order chi connectivity index (χ1) is 10.6. The van der Waals surface area contributed by atoms with E-state index >= 15 is 0 Å². The Hall–Kier alpha value is -1.57. The third-order valence-corrected chi connectivity index (χ3v) is 3.90. The molecule has 22 heavy (non-hydrogen) atoms. The van der Waals surface area contributed by atoms with Gasteiger partial charge in [0, 0.05) is 19.0 Å². The summed E-state index contributed by atoms with van der Waals surface area (Å²) in [7, 11) is 0. The molecule has 1 N–H and O–H groups in total. The summed E-state index contributed by atoms with van der Waals surface area (Å²) in [5, 5.41) is 6.67. The van der Waals surface area contributed by atoms with Gasteiger partial charge in [-0.3, -0.25) is 9.69 Å². The predicted molar refractivity (Wildman–Crippen MR) is 77.4 cm³/mol. The predicted octanol–water partition coefficient (Wildman–Crippen LogP) is 1.42. The number of likely N-dealkylation sites (tertiary alicyclic amines) is 1. The van der Waals surface area contributed by atoms with Crippen LogP contribution in [0, 0.1) is 0 Å². The van der Waals surface area contributed by atoms with E-state index in [1.165, 1.54) is 11.0 Å². The smallest absolute Gasteiger partial charge is 0.257 e. The number of hydrogen-bond acceptors (Lipinski definition) is 4. The highest BCUT2D eigenvalue weighted by molar-refractivity contribution is 5.76. The number of halogens is 2. The molecule has 1 unspecified atom stereocenters. The molecule has 0 bridgehead atoms. The molecule has 1 saturated heterocycles. The van der Waals surface area contributed by atoms with E-state index in [1.54, 1.807) is 0 Å². The summed E-state index contributed by atoms with van der Waals surface area (Å²) in [4.78, 5) is 18.0. The fourth-order valence-corrected chi connectivity index (χ4v) is 2.86. The lowest BCUT2D eigenvalue weighted by Gasteiger charge is -2.35. The van der Waals surface area contributed by atoms with Crippen LogP contribution >= 0.6 is 0 Å².